The van der Waals surface area contributed by atoms with Gasteiger partial charge in [0.1, 0.15) is 17.2 Å². The predicted molar refractivity (Wildman–Crippen MR) is 192 cm³/mol. The Morgan fingerprint density at radius 3 is 1.82 bits per heavy atom. The molecular formula is C40H30O9S2. The van der Waals surface area contributed by atoms with Crippen LogP contribution < -0.4 is 9.47 Å². The average molecular weight is 719 g/mol. The molecular weight excluding hydrogens is 689 g/mol. The van der Waals surface area contributed by atoms with Crippen LogP contribution >= 0.6 is 12.0 Å². The zero-order valence-corrected chi connectivity index (χ0v) is 28.9. The van der Waals surface area contributed by atoms with Crippen LogP contribution in [0.3, 0.4) is 0 Å². The van der Waals surface area contributed by atoms with Crippen LogP contribution in [-0.2, 0) is 24.9 Å². The van der Waals surface area contributed by atoms with E-state index in [0.717, 1.165) is 45.2 Å². The summed E-state index contributed by atoms with van der Waals surface area (Å²) in [7, 11) is -2.89. The molecule has 7 rings (SSSR count). The van der Waals surface area contributed by atoms with Gasteiger partial charge in [-0.05, 0) is 94.4 Å². The van der Waals surface area contributed by atoms with E-state index >= 15 is 0 Å². The van der Waals surface area contributed by atoms with Crippen LogP contribution in [0.1, 0.15) is 43.7 Å². The van der Waals surface area contributed by atoms with Crippen molar-refractivity contribution in [3.8, 4) is 28.4 Å². The third-order valence-electron chi connectivity index (χ3n) is 9.08. The van der Waals surface area contributed by atoms with Crippen molar-refractivity contribution in [3.63, 3.8) is 0 Å². The number of aryl methyl sites for hydroxylation is 1. The van der Waals surface area contributed by atoms with E-state index in [-0.39, 0.29) is 20.9 Å². The number of benzene rings is 6. The molecule has 6 aromatic rings. The lowest BCUT2D eigenvalue weighted by Crippen LogP contribution is -2.28. The molecule has 6 aromatic carbocycles. The molecule has 0 atom stereocenters. The summed E-state index contributed by atoms with van der Waals surface area (Å²) in [5.74, 6) is 1.04. The van der Waals surface area contributed by atoms with E-state index in [1.165, 1.54) is 31.2 Å². The van der Waals surface area contributed by atoms with E-state index in [2.05, 4.69) is 53.6 Å². The Morgan fingerprint density at radius 1 is 0.706 bits per heavy atom. The highest BCUT2D eigenvalue weighted by Gasteiger charge is 2.45. The first-order valence-electron chi connectivity index (χ1n) is 15.7. The molecule has 0 spiro atoms. The Labute approximate surface area is 298 Å². The summed E-state index contributed by atoms with van der Waals surface area (Å²) in [6.45, 7) is 1.52. The maximum absolute atomic E-state index is 13.4. The van der Waals surface area contributed by atoms with Gasteiger partial charge in [0.05, 0.1) is 34.4 Å². The standard InChI is InChI=1S/C40H30O9S2/c1-25-11-12-27(24-38(25)51(43,44)45)39(41)26-13-22-36(37(23-26)50-49-48-42)47-31-20-16-29(17-21-31)40(28-14-18-30(46-2)19-15-28)34-9-5-3-7-32(34)33-8-4-6-10-35(33)40/h3-24,42H,1-2H3,(H,43,44,45). The first kappa shape index (κ1) is 34.2. The Hall–Kier alpha value is -5.27. The zero-order chi connectivity index (χ0) is 35.8. The molecule has 0 aromatic heterocycles. The fraction of sp³-hybridized carbons (Fsp3) is 0.0750. The van der Waals surface area contributed by atoms with Gasteiger partial charge in [0.25, 0.3) is 10.1 Å². The molecule has 1 aliphatic carbocycles. The molecule has 51 heavy (non-hydrogen) atoms. The Morgan fingerprint density at radius 2 is 1.25 bits per heavy atom. The number of rotatable bonds is 11. The summed E-state index contributed by atoms with van der Waals surface area (Å²) in [4.78, 5) is 13.3. The molecule has 0 amide bonds. The van der Waals surface area contributed by atoms with Crippen molar-refractivity contribution in [1.29, 1.82) is 0 Å². The molecule has 0 saturated heterocycles. The molecule has 256 valence electrons. The van der Waals surface area contributed by atoms with Crippen molar-refractivity contribution in [2.45, 2.75) is 22.1 Å². The number of ether oxygens (including phenoxy) is 2. The minimum absolute atomic E-state index is 0.0496. The van der Waals surface area contributed by atoms with Crippen LogP contribution in [0.25, 0.3) is 11.1 Å². The normalized spacial score (nSPS) is 12.9. The number of carbonyl (C=O) groups is 1. The largest absolute Gasteiger partial charge is 0.497 e. The minimum atomic E-state index is -4.54. The molecule has 9 nitrogen and oxygen atoms in total. The zero-order valence-electron chi connectivity index (χ0n) is 27.3. The van der Waals surface area contributed by atoms with Crippen LogP contribution in [0.5, 0.6) is 17.2 Å². The van der Waals surface area contributed by atoms with Gasteiger partial charge >= 0.3 is 0 Å². The van der Waals surface area contributed by atoms with E-state index in [1.807, 2.05) is 48.5 Å². The van der Waals surface area contributed by atoms with E-state index in [9.17, 15) is 17.8 Å². The molecule has 0 aliphatic heterocycles. The van der Waals surface area contributed by atoms with Gasteiger partial charge in [0.2, 0.25) is 0 Å². The smallest absolute Gasteiger partial charge is 0.294 e. The number of hydrogen-bond donors (Lipinski definition) is 2. The molecule has 0 bridgehead atoms. The fourth-order valence-corrected chi connectivity index (χ4v) is 8.02. The first-order valence-corrected chi connectivity index (χ1v) is 17.9. The van der Waals surface area contributed by atoms with Gasteiger partial charge in [-0.2, -0.15) is 8.42 Å². The van der Waals surface area contributed by atoms with Gasteiger partial charge in [0.15, 0.2) is 5.78 Å². The fourth-order valence-electron chi connectivity index (χ4n) is 6.80. The molecule has 0 saturated carbocycles. The molecule has 0 radical (unpaired) electrons. The van der Waals surface area contributed by atoms with Gasteiger partial charge in [-0.15, -0.1) is 4.33 Å². The van der Waals surface area contributed by atoms with Crippen molar-refractivity contribution in [2.24, 2.45) is 0 Å². The van der Waals surface area contributed by atoms with Crippen molar-refractivity contribution in [1.82, 2.24) is 0 Å². The topological polar surface area (TPSA) is 129 Å². The van der Waals surface area contributed by atoms with Crippen molar-refractivity contribution >= 4 is 27.9 Å². The molecule has 0 unspecified atom stereocenters. The van der Waals surface area contributed by atoms with E-state index in [4.69, 9.17) is 19.1 Å². The summed E-state index contributed by atoms with van der Waals surface area (Å²) in [6, 6.07) is 41.3. The Balaban J connectivity index is 1.26. The Bertz CT molecular complexity index is 2330. The maximum Gasteiger partial charge on any atom is 0.294 e. The monoisotopic (exact) mass is 718 g/mol. The highest BCUT2D eigenvalue weighted by atomic mass is 32.2. The molecule has 1 aliphatic rings. The summed E-state index contributed by atoms with van der Waals surface area (Å²) >= 11 is 0.615. The molecule has 0 heterocycles. The van der Waals surface area contributed by atoms with Crippen LogP contribution in [0.15, 0.2) is 143 Å². The van der Waals surface area contributed by atoms with E-state index in [1.54, 1.807) is 13.2 Å². The number of methoxy groups -OCH3 is 1. The van der Waals surface area contributed by atoms with Crippen LogP contribution in [0.2, 0.25) is 0 Å². The Kier molecular flexibility index (Phi) is 9.25. The molecule has 0 fully saturated rings. The second kappa shape index (κ2) is 13.8. The highest BCUT2D eigenvalue weighted by Crippen LogP contribution is 2.56. The lowest BCUT2D eigenvalue weighted by molar-refractivity contribution is -0.432. The second-order valence-corrected chi connectivity index (χ2v) is 14.0. The summed E-state index contributed by atoms with van der Waals surface area (Å²) in [5.41, 5.74) is 6.62. The van der Waals surface area contributed by atoms with Gasteiger partial charge in [-0.3, -0.25) is 9.35 Å². The third kappa shape index (κ3) is 6.20. The van der Waals surface area contributed by atoms with E-state index in [0.29, 0.717) is 29.1 Å². The van der Waals surface area contributed by atoms with Gasteiger partial charge in [0, 0.05) is 11.1 Å². The van der Waals surface area contributed by atoms with Crippen molar-refractivity contribution in [2.75, 3.05) is 7.11 Å². The lowest BCUT2D eigenvalue weighted by atomic mass is 9.68. The summed E-state index contributed by atoms with van der Waals surface area (Å²) < 4.78 is 49.7. The van der Waals surface area contributed by atoms with Gasteiger partial charge in [-0.1, -0.05) is 90.0 Å². The predicted octanol–water partition coefficient (Wildman–Crippen LogP) is 9.07. The number of ketones is 1. The molecule has 2 N–H and O–H groups in total. The van der Waals surface area contributed by atoms with Gasteiger partial charge in [-0.25, -0.2) is 5.26 Å². The van der Waals surface area contributed by atoms with E-state index < -0.39 is 21.3 Å². The second-order valence-electron chi connectivity index (χ2n) is 11.9. The van der Waals surface area contributed by atoms with Crippen LogP contribution in [-0.4, -0.2) is 31.1 Å². The molecule has 11 heteroatoms. The highest BCUT2D eigenvalue weighted by molar-refractivity contribution is 7.94. The van der Waals surface area contributed by atoms with Crippen molar-refractivity contribution in [3.05, 3.63) is 172 Å². The maximum atomic E-state index is 13.4. The van der Waals surface area contributed by atoms with Crippen LogP contribution in [0.4, 0.5) is 0 Å². The summed E-state index contributed by atoms with van der Waals surface area (Å²) in [6.07, 6.45) is 0. The first-order chi connectivity index (χ1) is 24.6. The summed E-state index contributed by atoms with van der Waals surface area (Å²) in [5, 5.41) is 12.7. The van der Waals surface area contributed by atoms with Crippen molar-refractivity contribution < 1.29 is 41.9 Å². The lowest BCUT2D eigenvalue weighted by Gasteiger charge is -2.34. The number of fused-ring (bicyclic) bond motifs is 3. The number of hydrogen-bond acceptors (Lipinski definition) is 9. The average Bonchev–Trinajstić information content (AvgIpc) is 3.45. The minimum Gasteiger partial charge on any atom is -0.497 e. The van der Waals surface area contributed by atoms with Crippen LogP contribution in [0, 0.1) is 6.92 Å². The van der Waals surface area contributed by atoms with Gasteiger partial charge < -0.3 is 9.47 Å². The number of carbonyl (C=O) groups excluding carboxylic acids is 1. The quantitative estimate of drug-likeness (QED) is 0.0440. The SMILES string of the molecule is COc1ccc(C2(c3ccc(Oc4ccc(C(=O)c5ccc(C)c(S(=O)(=O)O)c5)cc4SOOO)cc3)c3ccccc3-c3ccccc32)cc1. The third-order valence-corrected chi connectivity index (χ3v) is 10.7.